The fraction of sp³-hybridized carbons (Fsp3) is 0.600. The van der Waals surface area contributed by atoms with Crippen LogP contribution in [0.5, 0.6) is 0 Å². The summed E-state index contributed by atoms with van der Waals surface area (Å²) >= 11 is 0. The number of anilines is 2. The Morgan fingerprint density at radius 3 is 2.40 bits per heavy atom. The van der Waals surface area contributed by atoms with E-state index in [2.05, 4.69) is 66.9 Å². The van der Waals surface area contributed by atoms with E-state index in [4.69, 9.17) is 9.97 Å². The van der Waals surface area contributed by atoms with Gasteiger partial charge in [0.25, 0.3) is 0 Å². The van der Waals surface area contributed by atoms with Gasteiger partial charge in [0.1, 0.15) is 5.82 Å². The van der Waals surface area contributed by atoms with E-state index in [0.717, 1.165) is 31.2 Å². The third kappa shape index (κ3) is 5.12. The van der Waals surface area contributed by atoms with E-state index in [1.165, 1.54) is 55.3 Å². The molecule has 1 aromatic carbocycles. The maximum absolute atomic E-state index is 4.90. The lowest BCUT2D eigenvalue weighted by Crippen LogP contribution is -2.38. The molecule has 2 N–H and O–H groups in total. The van der Waals surface area contributed by atoms with Gasteiger partial charge in [-0.05, 0) is 62.8 Å². The van der Waals surface area contributed by atoms with E-state index in [1.807, 2.05) is 0 Å². The van der Waals surface area contributed by atoms with Crippen molar-refractivity contribution in [3.05, 3.63) is 47.2 Å². The minimum Gasteiger partial charge on any atom is -0.362 e. The molecule has 30 heavy (non-hydrogen) atoms. The van der Waals surface area contributed by atoms with Crippen LogP contribution in [0.25, 0.3) is 0 Å². The average molecular weight is 408 g/mol. The lowest BCUT2D eigenvalue weighted by molar-refractivity contribution is 0.348. The number of rotatable bonds is 7. The minimum atomic E-state index is 0.478. The van der Waals surface area contributed by atoms with Gasteiger partial charge in [-0.1, -0.05) is 37.3 Å². The molecule has 0 aliphatic heterocycles. The second kappa shape index (κ2) is 9.78. The SMILES string of the molecule is CC(CN[C@H]1CC[C@@H](Nc2nc3c(c(N(C)C)n2)CCCC3)CC1)c1ccccc1. The summed E-state index contributed by atoms with van der Waals surface area (Å²) in [7, 11) is 4.18. The van der Waals surface area contributed by atoms with Crippen LogP contribution < -0.4 is 15.5 Å². The Hall–Kier alpha value is -2.14. The lowest BCUT2D eigenvalue weighted by Gasteiger charge is -2.31. The third-order valence-electron chi connectivity index (χ3n) is 6.73. The van der Waals surface area contributed by atoms with Crippen molar-refractivity contribution >= 4 is 11.8 Å². The first kappa shape index (κ1) is 21.1. The van der Waals surface area contributed by atoms with E-state index >= 15 is 0 Å². The molecule has 2 aromatic rings. The van der Waals surface area contributed by atoms with Crippen LogP contribution >= 0.6 is 0 Å². The Labute approximate surface area is 181 Å². The number of aromatic nitrogens is 2. The van der Waals surface area contributed by atoms with Crippen molar-refractivity contribution in [2.75, 3.05) is 30.9 Å². The zero-order chi connectivity index (χ0) is 20.9. The summed E-state index contributed by atoms with van der Waals surface area (Å²) in [6.07, 6.45) is 9.48. The molecule has 0 spiro atoms. The molecule has 5 heteroatoms. The summed E-state index contributed by atoms with van der Waals surface area (Å²) in [5.74, 6) is 2.48. The molecule has 1 aromatic heterocycles. The molecular formula is C25H37N5. The first-order chi connectivity index (χ1) is 14.6. The van der Waals surface area contributed by atoms with Crippen molar-refractivity contribution in [2.24, 2.45) is 0 Å². The second-order valence-corrected chi connectivity index (χ2v) is 9.31. The molecule has 0 amide bonds. The quantitative estimate of drug-likeness (QED) is 0.706. The van der Waals surface area contributed by atoms with Gasteiger partial charge in [-0.15, -0.1) is 0 Å². The number of fused-ring (bicyclic) bond motifs is 1. The molecule has 1 saturated carbocycles. The van der Waals surface area contributed by atoms with Crippen molar-refractivity contribution in [3.63, 3.8) is 0 Å². The molecule has 2 aliphatic carbocycles. The predicted octanol–water partition coefficient (Wildman–Crippen LogP) is 4.54. The Bertz CT molecular complexity index is 812. The Kier molecular flexibility index (Phi) is 6.88. The summed E-state index contributed by atoms with van der Waals surface area (Å²) in [6, 6.07) is 11.9. The molecule has 4 rings (SSSR count). The van der Waals surface area contributed by atoms with Gasteiger partial charge in [0, 0.05) is 38.3 Å². The maximum Gasteiger partial charge on any atom is 0.225 e. The van der Waals surface area contributed by atoms with Crippen LogP contribution in [0.2, 0.25) is 0 Å². The van der Waals surface area contributed by atoms with E-state index < -0.39 is 0 Å². The lowest BCUT2D eigenvalue weighted by atomic mass is 9.90. The highest BCUT2D eigenvalue weighted by molar-refractivity contribution is 5.52. The highest BCUT2D eigenvalue weighted by Gasteiger charge is 2.24. The van der Waals surface area contributed by atoms with Gasteiger partial charge in [-0.3, -0.25) is 0 Å². The van der Waals surface area contributed by atoms with Gasteiger partial charge in [0.05, 0.1) is 5.69 Å². The van der Waals surface area contributed by atoms with Crippen LogP contribution in [0.1, 0.15) is 68.2 Å². The summed E-state index contributed by atoms with van der Waals surface area (Å²) in [5, 5.41) is 7.46. The van der Waals surface area contributed by atoms with Gasteiger partial charge in [-0.25, -0.2) is 4.98 Å². The molecule has 1 heterocycles. The largest absolute Gasteiger partial charge is 0.362 e. The zero-order valence-corrected chi connectivity index (χ0v) is 18.8. The number of aryl methyl sites for hydroxylation is 1. The van der Waals surface area contributed by atoms with Crippen LogP contribution in [0.4, 0.5) is 11.8 Å². The van der Waals surface area contributed by atoms with Gasteiger partial charge in [-0.2, -0.15) is 4.98 Å². The molecule has 5 nitrogen and oxygen atoms in total. The molecule has 0 bridgehead atoms. The smallest absolute Gasteiger partial charge is 0.225 e. The van der Waals surface area contributed by atoms with E-state index in [1.54, 1.807) is 0 Å². The molecule has 1 unspecified atom stereocenters. The number of nitrogens with one attached hydrogen (secondary N) is 2. The number of hydrogen-bond donors (Lipinski definition) is 2. The van der Waals surface area contributed by atoms with Crippen molar-refractivity contribution in [1.82, 2.24) is 15.3 Å². The normalized spacial score (nSPS) is 22.2. The predicted molar refractivity (Wildman–Crippen MR) is 126 cm³/mol. The molecule has 2 aliphatic rings. The molecular weight excluding hydrogens is 370 g/mol. The van der Waals surface area contributed by atoms with E-state index in [-0.39, 0.29) is 0 Å². The van der Waals surface area contributed by atoms with Crippen molar-refractivity contribution in [1.29, 1.82) is 0 Å². The summed E-state index contributed by atoms with van der Waals surface area (Å²) in [6.45, 7) is 3.36. The molecule has 1 atom stereocenters. The Morgan fingerprint density at radius 1 is 0.967 bits per heavy atom. The van der Waals surface area contributed by atoms with Crippen molar-refractivity contribution in [2.45, 2.75) is 76.3 Å². The topological polar surface area (TPSA) is 53.1 Å². The van der Waals surface area contributed by atoms with Gasteiger partial charge < -0.3 is 15.5 Å². The fourth-order valence-corrected chi connectivity index (χ4v) is 4.88. The zero-order valence-electron chi connectivity index (χ0n) is 18.8. The monoisotopic (exact) mass is 407 g/mol. The van der Waals surface area contributed by atoms with Gasteiger partial charge in [0.2, 0.25) is 5.95 Å². The highest BCUT2D eigenvalue weighted by atomic mass is 15.2. The van der Waals surface area contributed by atoms with Crippen LogP contribution in [0, 0.1) is 0 Å². The van der Waals surface area contributed by atoms with Gasteiger partial charge in [0.15, 0.2) is 0 Å². The summed E-state index contributed by atoms with van der Waals surface area (Å²) in [5.41, 5.74) is 4.03. The summed E-state index contributed by atoms with van der Waals surface area (Å²) in [4.78, 5) is 11.9. The Morgan fingerprint density at radius 2 is 1.67 bits per heavy atom. The highest BCUT2D eigenvalue weighted by Crippen LogP contribution is 2.29. The first-order valence-corrected chi connectivity index (χ1v) is 11.7. The molecule has 1 fully saturated rings. The van der Waals surface area contributed by atoms with Crippen molar-refractivity contribution in [3.8, 4) is 0 Å². The first-order valence-electron chi connectivity index (χ1n) is 11.7. The van der Waals surface area contributed by atoms with Crippen molar-refractivity contribution < 1.29 is 0 Å². The Balaban J connectivity index is 1.29. The van der Waals surface area contributed by atoms with Crippen LogP contribution in [-0.4, -0.2) is 42.7 Å². The van der Waals surface area contributed by atoms with Crippen LogP contribution in [0.15, 0.2) is 30.3 Å². The number of nitrogens with zero attached hydrogens (tertiary/aromatic N) is 3. The van der Waals surface area contributed by atoms with Gasteiger partial charge >= 0.3 is 0 Å². The van der Waals surface area contributed by atoms with Crippen LogP contribution in [0.3, 0.4) is 0 Å². The minimum absolute atomic E-state index is 0.478. The third-order valence-corrected chi connectivity index (χ3v) is 6.73. The molecule has 0 radical (unpaired) electrons. The van der Waals surface area contributed by atoms with E-state index in [0.29, 0.717) is 18.0 Å². The molecule has 162 valence electrons. The standard InChI is InChI=1S/C25H37N5/c1-18(19-9-5-4-6-10-19)17-26-20-13-15-21(16-14-20)27-25-28-23-12-8-7-11-22(23)24(29-25)30(2)3/h4-6,9-10,18,20-21,26H,7-8,11-17H2,1-3H3,(H,27,28,29)/t18?,20-,21+. The second-order valence-electron chi connectivity index (χ2n) is 9.31. The van der Waals surface area contributed by atoms with E-state index in [9.17, 15) is 0 Å². The maximum atomic E-state index is 4.90. The number of hydrogen-bond acceptors (Lipinski definition) is 5. The average Bonchev–Trinajstić information content (AvgIpc) is 2.78. The molecule has 0 saturated heterocycles. The summed E-state index contributed by atoms with van der Waals surface area (Å²) < 4.78 is 0. The fourth-order valence-electron chi connectivity index (χ4n) is 4.88. The van der Waals surface area contributed by atoms with Crippen LogP contribution in [-0.2, 0) is 12.8 Å². The number of benzene rings is 1.